The van der Waals surface area contributed by atoms with Crippen molar-refractivity contribution in [2.45, 2.75) is 44.6 Å². The zero-order valence-electron chi connectivity index (χ0n) is 11.7. The number of halogens is 1. The van der Waals surface area contributed by atoms with Crippen molar-refractivity contribution in [3.8, 4) is 0 Å². The lowest BCUT2D eigenvalue weighted by Crippen LogP contribution is -2.30. The molecule has 0 amide bonds. The van der Waals surface area contributed by atoms with Crippen LogP contribution in [0.25, 0.3) is 0 Å². The molecular weight excluding hydrogens is 342 g/mol. The fourth-order valence-corrected chi connectivity index (χ4v) is 4.35. The van der Waals surface area contributed by atoms with Gasteiger partial charge in [-0.2, -0.15) is 0 Å². The maximum absolute atomic E-state index is 12.5. The largest absolute Gasteiger partial charge is 0.392 e. The standard InChI is InChI=1S/C14H20BrNO3S/c1-3-14(4-5-14)9-16-20(18,19)13-7-11(8-17)6-12(15)10(13)2/h6-7,16-17H,3-5,8-9H2,1-2H3. The highest BCUT2D eigenvalue weighted by molar-refractivity contribution is 9.10. The predicted molar refractivity (Wildman–Crippen MR) is 81.9 cm³/mol. The molecule has 0 bridgehead atoms. The van der Waals surface area contributed by atoms with E-state index in [1.54, 1.807) is 13.0 Å². The molecule has 0 saturated heterocycles. The van der Waals surface area contributed by atoms with Crippen molar-refractivity contribution in [2.75, 3.05) is 6.54 Å². The maximum atomic E-state index is 12.5. The van der Waals surface area contributed by atoms with Gasteiger partial charge in [-0.3, -0.25) is 0 Å². The molecule has 0 aromatic heterocycles. The highest BCUT2D eigenvalue weighted by Gasteiger charge is 2.41. The fraction of sp³-hybridized carbons (Fsp3) is 0.571. The number of benzene rings is 1. The topological polar surface area (TPSA) is 66.4 Å². The summed E-state index contributed by atoms with van der Waals surface area (Å²) in [5, 5.41) is 9.21. The van der Waals surface area contributed by atoms with Gasteiger partial charge in [0, 0.05) is 11.0 Å². The Hall–Kier alpha value is -0.430. The van der Waals surface area contributed by atoms with E-state index in [2.05, 4.69) is 27.6 Å². The van der Waals surface area contributed by atoms with Crippen molar-refractivity contribution >= 4 is 26.0 Å². The van der Waals surface area contributed by atoms with Gasteiger partial charge >= 0.3 is 0 Å². The number of aliphatic hydroxyl groups is 1. The summed E-state index contributed by atoms with van der Waals surface area (Å²) in [4.78, 5) is 0.239. The average Bonchev–Trinajstić information content (AvgIpc) is 3.20. The lowest BCUT2D eigenvalue weighted by Gasteiger charge is -2.16. The third kappa shape index (κ3) is 3.24. The Morgan fingerprint density at radius 3 is 2.55 bits per heavy atom. The quantitative estimate of drug-likeness (QED) is 0.818. The van der Waals surface area contributed by atoms with Crippen molar-refractivity contribution in [1.82, 2.24) is 4.72 Å². The van der Waals surface area contributed by atoms with E-state index in [1.165, 1.54) is 6.07 Å². The van der Waals surface area contributed by atoms with E-state index in [0.717, 1.165) is 19.3 Å². The fourth-order valence-electron chi connectivity index (χ4n) is 2.24. The maximum Gasteiger partial charge on any atom is 0.240 e. The van der Waals surface area contributed by atoms with Crippen LogP contribution in [-0.2, 0) is 16.6 Å². The molecule has 1 aliphatic carbocycles. The summed E-state index contributed by atoms with van der Waals surface area (Å²) in [6.07, 6.45) is 3.17. The first-order valence-electron chi connectivity index (χ1n) is 6.73. The lowest BCUT2D eigenvalue weighted by atomic mass is 10.1. The average molecular weight is 362 g/mol. The summed E-state index contributed by atoms with van der Waals surface area (Å²) in [6.45, 7) is 4.16. The number of hydrogen-bond acceptors (Lipinski definition) is 3. The molecule has 0 aliphatic heterocycles. The van der Waals surface area contributed by atoms with Crippen molar-refractivity contribution in [1.29, 1.82) is 0 Å². The van der Waals surface area contributed by atoms with E-state index in [1.807, 2.05) is 0 Å². The first kappa shape index (κ1) is 15.9. The van der Waals surface area contributed by atoms with Gasteiger partial charge in [-0.1, -0.05) is 22.9 Å². The monoisotopic (exact) mass is 361 g/mol. The molecule has 1 saturated carbocycles. The molecule has 2 rings (SSSR count). The van der Waals surface area contributed by atoms with Crippen molar-refractivity contribution in [3.05, 3.63) is 27.7 Å². The van der Waals surface area contributed by atoms with Gasteiger partial charge in [0.2, 0.25) is 10.0 Å². The summed E-state index contributed by atoms with van der Waals surface area (Å²) in [5.41, 5.74) is 1.41. The highest BCUT2D eigenvalue weighted by Crippen LogP contribution is 2.48. The first-order chi connectivity index (χ1) is 9.33. The van der Waals surface area contributed by atoms with Gasteiger partial charge in [0.1, 0.15) is 0 Å². The number of nitrogens with one attached hydrogen (secondary N) is 1. The molecule has 0 unspecified atom stereocenters. The third-order valence-corrected chi connectivity index (χ3v) is 6.52. The second kappa shape index (κ2) is 5.75. The van der Waals surface area contributed by atoms with E-state index in [0.29, 0.717) is 22.1 Å². The van der Waals surface area contributed by atoms with E-state index in [9.17, 15) is 13.5 Å². The molecule has 1 fully saturated rings. The van der Waals surface area contributed by atoms with Crippen LogP contribution in [0.3, 0.4) is 0 Å². The van der Waals surface area contributed by atoms with Crippen molar-refractivity contribution in [3.63, 3.8) is 0 Å². The van der Waals surface area contributed by atoms with Crippen molar-refractivity contribution in [2.24, 2.45) is 5.41 Å². The summed E-state index contributed by atoms with van der Waals surface area (Å²) in [7, 11) is -3.54. The number of sulfonamides is 1. The number of rotatable bonds is 6. The minimum absolute atomic E-state index is 0.160. The minimum Gasteiger partial charge on any atom is -0.392 e. The zero-order chi connectivity index (χ0) is 15.0. The minimum atomic E-state index is -3.54. The molecular formula is C14H20BrNO3S. The Labute approximate surface area is 128 Å². The molecule has 0 atom stereocenters. The van der Waals surface area contributed by atoms with Gasteiger partial charge in [0.15, 0.2) is 0 Å². The smallest absolute Gasteiger partial charge is 0.240 e. The van der Waals surface area contributed by atoms with Gasteiger partial charge in [0.05, 0.1) is 11.5 Å². The molecule has 1 aliphatic rings. The van der Waals surface area contributed by atoms with Crippen LogP contribution in [0.1, 0.15) is 37.3 Å². The summed E-state index contributed by atoms with van der Waals surface area (Å²) in [6, 6.07) is 3.27. The van der Waals surface area contributed by atoms with Gasteiger partial charge in [0.25, 0.3) is 0 Å². The number of hydrogen-bond donors (Lipinski definition) is 2. The van der Waals surface area contributed by atoms with Crippen LogP contribution in [0.15, 0.2) is 21.5 Å². The van der Waals surface area contributed by atoms with Gasteiger partial charge in [-0.15, -0.1) is 0 Å². The molecule has 4 nitrogen and oxygen atoms in total. The Balaban J connectivity index is 2.27. The van der Waals surface area contributed by atoms with Crippen LogP contribution in [0.4, 0.5) is 0 Å². The molecule has 6 heteroatoms. The number of aliphatic hydroxyl groups excluding tert-OH is 1. The highest BCUT2D eigenvalue weighted by atomic mass is 79.9. The van der Waals surface area contributed by atoms with Gasteiger partial charge < -0.3 is 5.11 Å². The van der Waals surface area contributed by atoms with E-state index in [-0.39, 0.29) is 16.9 Å². The van der Waals surface area contributed by atoms with Crippen LogP contribution in [-0.4, -0.2) is 20.1 Å². The molecule has 1 aromatic rings. The second-order valence-electron chi connectivity index (χ2n) is 5.54. The van der Waals surface area contributed by atoms with E-state index in [4.69, 9.17) is 0 Å². The lowest BCUT2D eigenvalue weighted by molar-refractivity contribution is 0.281. The van der Waals surface area contributed by atoms with Gasteiger partial charge in [-0.05, 0) is 54.9 Å². The molecule has 2 N–H and O–H groups in total. The summed E-state index contributed by atoms with van der Waals surface area (Å²) < 4.78 is 28.3. The van der Waals surface area contributed by atoms with Crippen LogP contribution in [0.2, 0.25) is 0 Å². The molecule has 0 radical (unpaired) electrons. The Morgan fingerprint density at radius 1 is 1.40 bits per heavy atom. The Kier molecular flexibility index (Phi) is 4.59. The van der Waals surface area contributed by atoms with Crippen LogP contribution in [0.5, 0.6) is 0 Å². The molecule has 112 valence electrons. The Morgan fingerprint density at radius 2 is 2.05 bits per heavy atom. The Bertz CT molecular complexity index is 609. The molecule has 20 heavy (non-hydrogen) atoms. The SMILES string of the molecule is CCC1(CNS(=O)(=O)c2cc(CO)cc(Br)c2C)CC1. The zero-order valence-corrected chi connectivity index (χ0v) is 14.1. The van der Waals surface area contributed by atoms with Gasteiger partial charge in [-0.25, -0.2) is 13.1 Å². The van der Waals surface area contributed by atoms with Crippen molar-refractivity contribution < 1.29 is 13.5 Å². The second-order valence-corrected chi connectivity index (χ2v) is 8.13. The van der Waals surface area contributed by atoms with E-state index >= 15 is 0 Å². The predicted octanol–water partition coefficient (Wildman–Crippen LogP) is 2.72. The summed E-state index contributed by atoms with van der Waals surface area (Å²) >= 11 is 3.34. The molecule has 0 spiro atoms. The third-order valence-electron chi connectivity index (χ3n) is 4.17. The van der Waals surface area contributed by atoms with Crippen LogP contribution in [0, 0.1) is 12.3 Å². The van der Waals surface area contributed by atoms with Crippen LogP contribution >= 0.6 is 15.9 Å². The molecule has 0 heterocycles. The van der Waals surface area contributed by atoms with E-state index < -0.39 is 10.0 Å². The molecule has 1 aromatic carbocycles. The normalized spacial score (nSPS) is 17.2. The summed E-state index contributed by atoms with van der Waals surface area (Å²) in [5.74, 6) is 0. The van der Waals surface area contributed by atoms with Crippen LogP contribution < -0.4 is 4.72 Å². The first-order valence-corrected chi connectivity index (χ1v) is 9.01.